The van der Waals surface area contributed by atoms with Crippen LogP contribution < -0.4 is 0 Å². The molecule has 0 N–H and O–H groups in total. The van der Waals surface area contributed by atoms with Crippen molar-refractivity contribution in [3.05, 3.63) is 44.6 Å². The summed E-state index contributed by atoms with van der Waals surface area (Å²) in [5.74, 6) is 0.688. The van der Waals surface area contributed by atoms with E-state index in [9.17, 15) is 0 Å². The number of rotatable bonds is 1. The van der Waals surface area contributed by atoms with Crippen LogP contribution in [0.5, 0.6) is 0 Å². The van der Waals surface area contributed by atoms with Gasteiger partial charge in [-0.2, -0.15) is 0 Å². The van der Waals surface area contributed by atoms with Crippen LogP contribution >= 0.6 is 45.5 Å². The summed E-state index contributed by atoms with van der Waals surface area (Å²) in [6.45, 7) is 0. The molecule has 0 fully saturated rings. The third-order valence-corrected chi connectivity index (χ3v) is 4.78. The Balaban J connectivity index is 2.24. The van der Waals surface area contributed by atoms with Gasteiger partial charge in [-0.3, -0.25) is 0 Å². The molecule has 0 aliphatic carbocycles. The number of hydrogen-bond acceptors (Lipinski definition) is 3. The standard InChI is InChI=1S/C12H6ClIN2S/c13-11-9(14)5-15-12(16-11)8-6-17-10-4-2-1-3-7(8)10/h1-6H. The van der Waals surface area contributed by atoms with Crippen LogP contribution in [0.4, 0.5) is 0 Å². The number of hydrogen-bond donors (Lipinski definition) is 0. The molecule has 0 saturated heterocycles. The molecule has 3 aromatic rings. The van der Waals surface area contributed by atoms with Gasteiger partial charge >= 0.3 is 0 Å². The van der Waals surface area contributed by atoms with E-state index in [0.717, 1.165) is 9.13 Å². The Morgan fingerprint density at radius 3 is 2.88 bits per heavy atom. The zero-order chi connectivity index (χ0) is 11.8. The lowest BCUT2D eigenvalue weighted by Crippen LogP contribution is -1.90. The first-order valence-electron chi connectivity index (χ1n) is 4.90. The topological polar surface area (TPSA) is 25.8 Å². The molecule has 0 aliphatic rings. The van der Waals surface area contributed by atoms with Crippen LogP contribution in [-0.2, 0) is 0 Å². The van der Waals surface area contributed by atoms with E-state index in [1.165, 1.54) is 10.1 Å². The lowest BCUT2D eigenvalue weighted by Gasteiger charge is -2.00. The largest absolute Gasteiger partial charge is 0.235 e. The first-order valence-corrected chi connectivity index (χ1v) is 7.24. The molecule has 84 valence electrons. The molecule has 2 heterocycles. The van der Waals surface area contributed by atoms with Crippen LogP contribution in [0, 0.1) is 3.57 Å². The van der Waals surface area contributed by atoms with Crippen LogP contribution in [0.15, 0.2) is 35.8 Å². The van der Waals surface area contributed by atoms with Gasteiger partial charge < -0.3 is 0 Å². The summed E-state index contributed by atoms with van der Waals surface area (Å²) in [4.78, 5) is 8.65. The van der Waals surface area contributed by atoms with Crippen molar-refractivity contribution in [1.29, 1.82) is 0 Å². The predicted molar refractivity (Wildman–Crippen MR) is 80.6 cm³/mol. The minimum absolute atomic E-state index is 0.505. The highest BCUT2D eigenvalue weighted by atomic mass is 127. The van der Waals surface area contributed by atoms with Crippen molar-refractivity contribution in [1.82, 2.24) is 9.97 Å². The van der Waals surface area contributed by atoms with Crippen molar-refractivity contribution >= 4 is 55.6 Å². The van der Waals surface area contributed by atoms with Crippen LogP contribution in [0.3, 0.4) is 0 Å². The number of benzene rings is 1. The van der Waals surface area contributed by atoms with Crippen LogP contribution in [0.1, 0.15) is 0 Å². The van der Waals surface area contributed by atoms with E-state index in [0.29, 0.717) is 11.0 Å². The summed E-state index contributed by atoms with van der Waals surface area (Å²) in [5.41, 5.74) is 1.05. The van der Waals surface area contributed by atoms with E-state index in [2.05, 4.69) is 50.1 Å². The maximum absolute atomic E-state index is 6.03. The fourth-order valence-corrected chi connectivity index (χ4v) is 2.96. The maximum atomic E-state index is 6.03. The zero-order valence-corrected chi connectivity index (χ0v) is 12.3. The summed E-state index contributed by atoms with van der Waals surface area (Å²) in [6, 6.07) is 8.23. The van der Waals surface area contributed by atoms with Crippen molar-refractivity contribution in [3.8, 4) is 11.4 Å². The Kier molecular flexibility index (Phi) is 3.02. The lowest BCUT2D eigenvalue weighted by atomic mass is 10.2. The molecule has 0 amide bonds. The van der Waals surface area contributed by atoms with Crippen LogP contribution in [0.2, 0.25) is 5.15 Å². The molecule has 0 radical (unpaired) electrons. The van der Waals surface area contributed by atoms with Crippen molar-refractivity contribution in [2.24, 2.45) is 0 Å². The number of aromatic nitrogens is 2. The highest BCUT2D eigenvalue weighted by Gasteiger charge is 2.10. The molecule has 0 saturated carbocycles. The Morgan fingerprint density at radius 2 is 2.06 bits per heavy atom. The number of thiophene rings is 1. The first kappa shape index (κ1) is 11.4. The molecule has 1 aromatic carbocycles. The highest BCUT2D eigenvalue weighted by Crippen LogP contribution is 2.32. The minimum atomic E-state index is 0.505. The molecule has 0 bridgehead atoms. The predicted octanol–water partition coefficient (Wildman–Crippen LogP) is 4.62. The van der Waals surface area contributed by atoms with Crippen molar-refractivity contribution in [3.63, 3.8) is 0 Å². The third-order valence-electron chi connectivity index (χ3n) is 2.42. The van der Waals surface area contributed by atoms with Gasteiger partial charge in [-0.1, -0.05) is 29.8 Å². The van der Waals surface area contributed by atoms with Gasteiger partial charge in [0.2, 0.25) is 0 Å². The first-order chi connectivity index (χ1) is 8.25. The lowest BCUT2D eigenvalue weighted by molar-refractivity contribution is 1.16. The molecule has 3 rings (SSSR count). The van der Waals surface area contributed by atoms with Gasteiger partial charge in [0, 0.05) is 27.2 Å². The number of nitrogens with zero attached hydrogens (tertiary/aromatic N) is 2. The van der Waals surface area contributed by atoms with E-state index in [-0.39, 0.29) is 0 Å². The van der Waals surface area contributed by atoms with Gasteiger partial charge in [-0.25, -0.2) is 9.97 Å². The van der Waals surface area contributed by atoms with Crippen molar-refractivity contribution in [2.75, 3.05) is 0 Å². The second kappa shape index (κ2) is 4.51. The summed E-state index contributed by atoms with van der Waals surface area (Å²) in [6.07, 6.45) is 1.75. The normalized spacial score (nSPS) is 10.9. The van der Waals surface area contributed by atoms with E-state index in [1.807, 2.05) is 12.1 Å². The zero-order valence-electron chi connectivity index (χ0n) is 8.52. The second-order valence-corrected chi connectivity index (χ2v) is 5.91. The highest BCUT2D eigenvalue weighted by molar-refractivity contribution is 14.1. The van der Waals surface area contributed by atoms with Gasteiger partial charge in [0.1, 0.15) is 5.15 Å². The second-order valence-electron chi connectivity index (χ2n) is 3.48. The maximum Gasteiger partial charge on any atom is 0.162 e. The molecule has 0 spiro atoms. The molecule has 0 aliphatic heterocycles. The summed E-state index contributed by atoms with van der Waals surface area (Å²) >= 11 is 9.84. The molecule has 17 heavy (non-hydrogen) atoms. The molecule has 0 unspecified atom stereocenters. The number of halogens is 2. The third kappa shape index (κ3) is 2.05. The van der Waals surface area contributed by atoms with Crippen LogP contribution in [0.25, 0.3) is 21.5 Å². The summed E-state index contributed by atoms with van der Waals surface area (Å²) < 4.78 is 2.10. The number of fused-ring (bicyclic) bond motifs is 1. The molecule has 2 nitrogen and oxygen atoms in total. The van der Waals surface area contributed by atoms with Crippen molar-refractivity contribution < 1.29 is 0 Å². The summed E-state index contributed by atoms with van der Waals surface area (Å²) in [5, 5.41) is 3.75. The monoisotopic (exact) mass is 372 g/mol. The quantitative estimate of drug-likeness (QED) is 0.460. The molecule has 2 aromatic heterocycles. The van der Waals surface area contributed by atoms with Gasteiger partial charge in [-0.05, 0) is 28.7 Å². The average Bonchev–Trinajstić information content (AvgIpc) is 2.76. The smallest absolute Gasteiger partial charge is 0.162 e. The van der Waals surface area contributed by atoms with Crippen LogP contribution in [-0.4, -0.2) is 9.97 Å². The molecular formula is C12H6ClIN2S. The molecule has 5 heteroatoms. The fraction of sp³-hybridized carbons (Fsp3) is 0. The van der Waals surface area contributed by atoms with Gasteiger partial charge in [0.25, 0.3) is 0 Å². The van der Waals surface area contributed by atoms with Gasteiger partial charge in [0.15, 0.2) is 5.82 Å². The van der Waals surface area contributed by atoms with Gasteiger partial charge in [0.05, 0.1) is 3.57 Å². The Hall–Kier alpha value is -0.720. The van der Waals surface area contributed by atoms with Gasteiger partial charge in [-0.15, -0.1) is 11.3 Å². The fourth-order valence-electron chi connectivity index (χ4n) is 1.63. The molecular weight excluding hydrogens is 367 g/mol. The van der Waals surface area contributed by atoms with E-state index in [4.69, 9.17) is 11.6 Å². The van der Waals surface area contributed by atoms with E-state index < -0.39 is 0 Å². The Morgan fingerprint density at radius 1 is 1.24 bits per heavy atom. The van der Waals surface area contributed by atoms with E-state index >= 15 is 0 Å². The summed E-state index contributed by atoms with van der Waals surface area (Å²) in [7, 11) is 0. The van der Waals surface area contributed by atoms with E-state index in [1.54, 1.807) is 17.5 Å². The average molecular weight is 373 g/mol. The molecule has 0 atom stereocenters. The Labute approximate surface area is 121 Å². The minimum Gasteiger partial charge on any atom is -0.235 e. The SMILES string of the molecule is Clc1nc(-c2csc3ccccc23)ncc1I. The Bertz CT molecular complexity index is 696. The van der Waals surface area contributed by atoms with Crippen molar-refractivity contribution in [2.45, 2.75) is 0 Å².